The van der Waals surface area contributed by atoms with Crippen LogP contribution in [0, 0.1) is 6.42 Å². The van der Waals surface area contributed by atoms with Crippen LogP contribution in [-0.2, 0) is 24.9 Å². The van der Waals surface area contributed by atoms with Crippen molar-refractivity contribution in [2.24, 2.45) is 0 Å². The zero-order valence-electron chi connectivity index (χ0n) is 18.8. The zero-order chi connectivity index (χ0) is 21.9. The van der Waals surface area contributed by atoms with Crippen molar-refractivity contribution in [3.05, 3.63) is 168 Å². The molecule has 1 radical (unpaired) electrons. The summed E-state index contributed by atoms with van der Waals surface area (Å²) in [5.41, 5.74) is 4.86. The summed E-state index contributed by atoms with van der Waals surface area (Å²) >= 11 is 0. The summed E-state index contributed by atoms with van der Waals surface area (Å²) in [5.74, 6) is 0. The first-order valence-corrected chi connectivity index (χ1v) is 11.4. The van der Waals surface area contributed by atoms with Gasteiger partial charge in [-0.3, -0.25) is 0 Å². The molecule has 0 nitrogen and oxygen atoms in total. The van der Waals surface area contributed by atoms with Gasteiger partial charge in [-0.1, -0.05) is 110 Å². The van der Waals surface area contributed by atoms with Gasteiger partial charge in [-0.2, -0.15) is 12.1 Å². The van der Waals surface area contributed by atoms with Gasteiger partial charge in [0.05, 0.1) is 0 Å². The van der Waals surface area contributed by atoms with Crippen LogP contribution in [0.4, 0.5) is 0 Å². The van der Waals surface area contributed by atoms with E-state index < -0.39 is 0 Å². The average molecular weight is 517 g/mol. The second kappa shape index (κ2) is 12.9. The number of benzene rings is 3. The first-order valence-electron chi connectivity index (χ1n) is 11.4. The fourth-order valence-electron chi connectivity index (χ4n) is 4.44. The van der Waals surface area contributed by atoms with E-state index in [1.54, 1.807) is 0 Å². The van der Waals surface area contributed by atoms with E-state index in [2.05, 4.69) is 146 Å². The van der Waals surface area contributed by atoms with E-state index in [1.807, 2.05) is 0 Å². The van der Waals surface area contributed by atoms with Crippen molar-refractivity contribution in [2.45, 2.75) is 24.7 Å². The van der Waals surface area contributed by atoms with Crippen LogP contribution in [0.25, 0.3) is 0 Å². The van der Waals surface area contributed by atoms with Gasteiger partial charge in [0.1, 0.15) is 0 Å². The van der Waals surface area contributed by atoms with Crippen molar-refractivity contribution in [3.8, 4) is 0 Å². The fraction of sp³-hybridized carbons (Fsp3) is 0.125. The zero-order valence-corrected chi connectivity index (χ0v) is 20.4. The normalized spacial score (nSPS) is 14.8. The van der Waals surface area contributed by atoms with Gasteiger partial charge in [0, 0.05) is 5.41 Å². The third-order valence-corrected chi connectivity index (χ3v) is 5.93. The molecule has 0 atom stereocenters. The average Bonchev–Trinajstić information content (AvgIpc) is 3.37. The molecule has 33 heavy (non-hydrogen) atoms. The van der Waals surface area contributed by atoms with Gasteiger partial charge in [0.25, 0.3) is 0 Å². The summed E-state index contributed by atoms with van der Waals surface area (Å²) in [6, 6.07) is 41.1. The van der Waals surface area contributed by atoms with Crippen molar-refractivity contribution in [2.75, 3.05) is 0 Å². The Kier molecular flexibility index (Phi) is 9.61. The summed E-state index contributed by atoms with van der Waals surface area (Å²) in [5, 5.41) is 0. The van der Waals surface area contributed by atoms with Crippen molar-refractivity contribution in [3.63, 3.8) is 0 Å². The smallest absolute Gasteiger partial charge is 0.232 e. The van der Waals surface area contributed by atoms with Gasteiger partial charge in [-0.25, -0.2) is 30.7 Å². The maximum atomic E-state index is 2.24. The molecule has 0 fully saturated rings. The molecule has 4 aromatic rings. The van der Waals surface area contributed by atoms with Crippen molar-refractivity contribution < 1.29 is 19.5 Å². The van der Waals surface area contributed by atoms with E-state index in [0.29, 0.717) is 0 Å². The van der Waals surface area contributed by atoms with Crippen LogP contribution in [0.1, 0.15) is 41.5 Å². The van der Waals surface area contributed by atoms with Crippen LogP contribution < -0.4 is 0 Å². The minimum Gasteiger partial charge on any atom is -0.232 e. The standard InChI is InChI=1S/C24H19.C8H11.Rh/c1-4-12-20(13-5-1)24(23-18-10-11-19-23,21-14-6-2-7-15-21)22-16-8-3-9-17-22;1-2-4-6-8-7-5-3-1;/h1-19H;1-3,6,8H,4-5,7H2;/q2*-1;+2/b;2-1-,8-6-;. The largest absolute Gasteiger partial charge is 2.00 e. The Labute approximate surface area is 211 Å². The van der Waals surface area contributed by atoms with Gasteiger partial charge < -0.3 is 0 Å². The molecule has 0 saturated heterocycles. The number of hydrogen-bond acceptors (Lipinski definition) is 0. The molecule has 1 aliphatic rings. The van der Waals surface area contributed by atoms with Crippen molar-refractivity contribution in [1.82, 2.24) is 0 Å². The van der Waals surface area contributed by atoms with E-state index in [9.17, 15) is 0 Å². The molecule has 0 amide bonds. The second-order valence-electron chi connectivity index (χ2n) is 7.97. The third-order valence-electron chi connectivity index (χ3n) is 5.93. The quantitative estimate of drug-likeness (QED) is 0.111. The third kappa shape index (κ3) is 5.87. The Morgan fingerprint density at radius 1 is 0.576 bits per heavy atom. The molecular weight excluding hydrogens is 487 g/mol. The van der Waals surface area contributed by atoms with Gasteiger partial charge in [0.15, 0.2) is 0 Å². The molecule has 0 bridgehead atoms. The molecule has 4 aromatic carbocycles. The maximum absolute atomic E-state index is 2.24. The monoisotopic (exact) mass is 517 g/mol. The Morgan fingerprint density at radius 2 is 1.06 bits per heavy atom. The van der Waals surface area contributed by atoms with Crippen molar-refractivity contribution in [1.29, 1.82) is 0 Å². The predicted molar refractivity (Wildman–Crippen MR) is 137 cm³/mol. The molecule has 0 heterocycles. The first-order chi connectivity index (χ1) is 15.9. The van der Waals surface area contributed by atoms with E-state index >= 15 is 0 Å². The SMILES string of the molecule is C1=C\C/C=C\CC[CH-]/1.[Rh+2].c1ccc(C(c2ccccc2)(c2ccccc2)[c-]2cccc2)cc1. The van der Waals surface area contributed by atoms with Crippen LogP contribution in [0.3, 0.4) is 0 Å². The van der Waals surface area contributed by atoms with Crippen LogP contribution in [0.5, 0.6) is 0 Å². The first kappa shape index (κ1) is 24.6. The number of hydrogen-bond donors (Lipinski definition) is 0. The summed E-state index contributed by atoms with van der Waals surface area (Å²) in [7, 11) is 0. The Morgan fingerprint density at radius 3 is 1.55 bits per heavy atom. The molecule has 0 unspecified atom stereocenters. The van der Waals surface area contributed by atoms with Crippen LogP contribution >= 0.6 is 0 Å². The topological polar surface area (TPSA) is 0 Å². The van der Waals surface area contributed by atoms with Gasteiger partial charge >= 0.3 is 19.5 Å². The van der Waals surface area contributed by atoms with E-state index in [-0.39, 0.29) is 24.9 Å². The molecule has 0 saturated carbocycles. The number of allylic oxidation sites excluding steroid dienone is 4. The molecule has 5 rings (SSSR count). The molecule has 167 valence electrons. The Hall–Kier alpha value is -3.02. The van der Waals surface area contributed by atoms with Gasteiger partial charge in [0.2, 0.25) is 0 Å². The minimum absolute atomic E-state index is 0. The van der Waals surface area contributed by atoms with Crippen LogP contribution in [0.2, 0.25) is 0 Å². The van der Waals surface area contributed by atoms with Gasteiger partial charge in [-0.15, -0.1) is 11.6 Å². The molecule has 1 heteroatoms. The summed E-state index contributed by atoms with van der Waals surface area (Å²) in [6.07, 6.45) is 14.5. The second-order valence-corrected chi connectivity index (χ2v) is 7.97. The summed E-state index contributed by atoms with van der Waals surface area (Å²) in [4.78, 5) is 0. The van der Waals surface area contributed by atoms with Gasteiger partial charge in [-0.05, 0) is 23.1 Å². The molecule has 0 aromatic heterocycles. The summed E-state index contributed by atoms with van der Waals surface area (Å²) in [6.45, 7) is 0. The fourth-order valence-corrected chi connectivity index (χ4v) is 4.44. The molecule has 0 N–H and O–H groups in total. The van der Waals surface area contributed by atoms with E-state index in [0.717, 1.165) is 6.42 Å². The molecule has 1 aliphatic carbocycles. The maximum Gasteiger partial charge on any atom is 2.00 e. The molecule has 0 aliphatic heterocycles. The van der Waals surface area contributed by atoms with E-state index in [4.69, 9.17) is 0 Å². The van der Waals surface area contributed by atoms with E-state index in [1.165, 1.54) is 35.1 Å². The Balaban J connectivity index is 0.000000290. The van der Waals surface area contributed by atoms with Crippen LogP contribution in [0.15, 0.2) is 140 Å². The Bertz CT molecular complexity index is 983. The minimum atomic E-state index is -0.298. The van der Waals surface area contributed by atoms with Crippen LogP contribution in [-0.4, -0.2) is 0 Å². The summed E-state index contributed by atoms with van der Waals surface area (Å²) < 4.78 is 0. The molecule has 0 spiro atoms. The van der Waals surface area contributed by atoms with Crippen molar-refractivity contribution >= 4 is 0 Å². The predicted octanol–water partition coefficient (Wildman–Crippen LogP) is 8.27. The number of rotatable bonds is 4. The molecular formula is C32H30Rh.